The van der Waals surface area contributed by atoms with Crippen LogP contribution in [-0.2, 0) is 0 Å². The van der Waals surface area contributed by atoms with Crippen molar-refractivity contribution in [2.75, 3.05) is 20.2 Å². The van der Waals surface area contributed by atoms with Crippen LogP contribution >= 0.6 is 0 Å². The summed E-state index contributed by atoms with van der Waals surface area (Å²) >= 11 is 0. The molecule has 0 unspecified atom stereocenters. The minimum absolute atomic E-state index is 0.0428. The van der Waals surface area contributed by atoms with E-state index >= 15 is 0 Å². The third-order valence-electron chi connectivity index (χ3n) is 3.24. The van der Waals surface area contributed by atoms with Crippen molar-refractivity contribution in [2.45, 2.75) is 18.9 Å². The average molecular weight is 235 g/mol. The molecule has 1 saturated heterocycles. The van der Waals surface area contributed by atoms with Crippen LogP contribution in [0, 0.1) is 0 Å². The van der Waals surface area contributed by atoms with Gasteiger partial charge in [-0.2, -0.15) is 0 Å². The lowest BCUT2D eigenvalue weighted by molar-refractivity contribution is 0.0398. The maximum absolute atomic E-state index is 12.2. The van der Waals surface area contributed by atoms with Crippen LogP contribution in [-0.4, -0.2) is 41.5 Å². The normalized spacial score (nSPS) is 17.5. The van der Waals surface area contributed by atoms with Gasteiger partial charge in [0.1, 0.15) is 5.75 Å². The molecule has 92 valence electrons. The van der Waals surface area contributed by atoms with Crippen molar-refractivity contribution in [3.8, 4) is 5.75 Å². The van der Waals surface area contributed by atoms with E-state index in [4.69, 9.17) is 10.5 Å². The number of nitrogens with two attached hydrogens (primary N) is 1. The van der Waals surface area contributed by atoms with Gasteiger partial charge >= 0.3 is 0 Å². The molecule has 1 aliphatic rings. The summed E-state index contributed by atoms with van der Waals surface area (Å²) in [5.74, 6) is 0.460. The Balaban J connectivity index is 2.12. The van der Waals surface area contributed by atoms with Crippen molar-refractivity contribution in [3.63, 3.8) is 0 Å². The summed E-state index contributed by atoms with van der Waals surface area (Å²) in [7, 11) is 1.53. The van der Waals surface area contributed by atoms with Crippen molar-refractivity contribution >= 4 is 5.91 Å². The van der Waals surface area contributed by atoms with Gasteiger partial charge in [0.2, 0.25) is 0 Å². The number of pyridine rings is 1. The predicted molar refractivity (Wildman–Crippen MR) is 63.9 cm³/mol. The fourth-order valence-corrected chi connectivity index (χ4v) is 1.97. The maximum Gasteiger partial charge on any atom is 0.257 e. The Morgan fingerprint density at radius 2 is 2.35 bits per heavy atom. The van der Waals surface area contributed by atoms with E-state index in [0.29, 0.717) is 24.4 Å². The molecule has 1 amide bonds. The number of amides is 1. The van der Waals surface area contributed by atoms with E-state index in [2.05, 4.69) is 4.98 Å². The summed E-state index contributed by atoms with van der Waals surface area (Å²) in [6, 6.07) is 1.67. The molecule has 0 spiro atoms. The Kier molecular flexibility index (Phi) is 3.02. The number of ether oxygens (including phenoxy) is 1. The summed E-state index contributed by atoms with van der Waals surface area (Å²) in [5, 5.41) is 0. The molecule has 2 heterocycles. The molecule has 0 radical (unpaired) electrons. The Bertz CT molecular complexity index is 428. The zero-order valence-electron chi connectivity index (χ0n) is 10.1. The number of aromatic nitrogens is 1. The van der Waals surface area contributed by atoms with Crippen LogP contribution in [0.25, 0.3) is 0 Å². The Labute approximate surface area is 101 Å². The molecule has 0 atom stereocenters. The van der Waals surface area contributed by atoms with Crippen LogP contribution in [0.15, 0.2) is 18.5 Å². The van der Waals surface area contributed by atoms with Gasteiger partial charge in [0.25, 0.3) is 5.91 Å². The van der Waals surface area contributed by atoms with E-state index in [1.807, 2.05) is 6.92 Å². The first-order valence-corrected chi connectivity index (χ1v) is 5.66. The quantitative estimate of drug-likeness (QED) is 0.835. The van der Waals surface area contributed by atoms with Crippen LogP contribution in [0.5, 0.6) is 5.75 Å². The first-order valence-electron chi connectivity index (χ1n) is 5.66. The van der Waals surface area contributed by atoms with E-state index in [1.54, 1.807) is 23.4 Å². The fraction of sp³-hybridized carbons (Fsp3) is 0.500. The van der Waals surface area contributed by atoms with Gasteiger partial charge in [-0.05, 0) is 12.5 Å². The van der Waals surface area contributed by atoms with Crippen LogP contribution in [0.2, 0.25) is 0 Å². The van der Waals surface area contributed by atoms with Gasteiger partial charge in [0, 0.05) is 19.3 Å². The number of carbonyl (C=O) groups excluding carboxylic acids is 1. The third-order valence-corrected chi connectivity index (χ3v) is 3.24. The Hall–Kier alpha value is -1.62. The number of hydrogen-bond donors (Lipinski definition) is 1. The molecule has 0 bridgehead atoms. The molecule has 17 heavy (non-hydrogen) atoms. The summed E-state index contributed by atoms with van der Waals surface area (Å²) < 4.78 is 5.12. The highest BCUT2D eigenvalue weighted by Crippen LogP contribution is 2.26. The predicted octanol–water partition coefficient (Wildman–Crippen LogP) is 0.653. The van der Waals surface area contributed by atoms with E-state index in [-0.39, 0.29) is 11.4 Å². The molecule has 5 nitrogen and oxygen atoms in total. The lowest BCUT2D eigenvalue weighted by Gasteiger charge is -2.47. The molecule has 1 fully saturated rings. The Morgan fingerprint density at radius 1 is 1.65 bits per heavy atom. The van der Waals surface area contributed by atoms with Crippen molar-refractivity contribution in [3.05, 3.63) is 24.0 Å². The number of hydrogen-bond acceptors (Lipinski definition) is 4. The minimum atomic E-state index is -0.212. The third kappa shape index (κ3) is 2.10. The largest absolute Gasteiger partial charge is 0.494 e. The van der Waals surface area contributed by atoms with Gasteiger partial charge in [-0.25, -0.2) is 0 Å². The highest BCUT2D eigenvalue weighted by molar-refractivity contribution is 5.97. The molecule has 2 N–H and O–H groups in total. The zero-order chi connectivity index (χ0) is 12.5. The molecule has 1 aromatic rings. The van der Waals surface area contributed by atoms with E-state index in [9.17, 15) is 4.79 Å². The van der Waals surface area contributed by atoms with Gasteiger partial charge in [0.15, 0.2) is 0 Å². The monoisotopic (exact) mass is 235 g/mol. The first kappa shape index (κ1) is 11.9. The molecule has 2 rings (SSSR count). The van der Waals surface area contributed by atoms with Gasteiger partial charge < -0.3 is 15.4 Å². The highest BCUT2D eigenvalue weighted by atomic mass is 16.5. The number of likely N-dealkylation sites (tertiary alicyclic amines) is 1. The number of carbonyl (C=O) groups is 1. The zero-order valence-corrected chi connectivity index (χ0v) is 10.1. The maximum atomic E-state index is 12.2. The van der Waals surface area contributed by atoms with Crippen LogP contribution < -0.4 is 10.5 Å². The first-order chi connectivity index (χ1) is 8.09. The van der Waals surface area contributed by atoms with Crippen molar-refractivity contribution in [1.82, 2.24) is 9.88 Å². The van der Waals surface area contributed by atoms with Gasteiger partial charge in [-0.15, -0.1) is 0 Å². The molecular weight excluding hydrogens is 218 g/mol. The molecule has 0 aliphatic carbocycles. The number of methoxy groups -OCH3 is 1. The van der Waals surface area contributed by atoms with Crippen molar-refractivity contribution in [1.29, 1.82) is 0 Å². The highest BCUT2D eigenvalue weighted by Gasteiger charge is 2.41. The second kappa shape index (κ2) is 4.33. The second-order valence-corrected chi connectivity index (χ2v) is 4.45. The topological polar surface area (TPSA) is 68.5 Å². The molecule has 0 saturated carbocycles. The van der Waals surface area contributed by atoms with Gasteiger partial charge in [-0.3, -0.25) is 9.78 Å². The van der Waals surface area contributed by atoms with Gasteiger partial charge in [0.05, 0.1) is 24.4 Å². The van der Waals surface area contributed by atoms with E-state index in [0.717, 1.165) is 6.42 Å². The second-order valence-electron chi connectivity index (χ2n) is 4.45. The fourth-order valence-electron chi connectivity index (χ4n) is 1.97. The SMILES string of the molecule is CCC1(N)CN(C(=O)c2ccncc2OC)C1. The van der Waals surface area contributed by atoms with Crippen LogP contribution in [0.4, 0.5) is 0 Å². The van der Waals surface area contributed by atoms with Crippen molar-refractivity contribution in [2.24, 2.45) is 5.73 Å². The summed E-state index contributed by atoms with van der Waals surface area (Å²) in [6.07, 6.45) is 4.01. The number of rotatable bonds is 3. The Morgan fingerprint density at radius 3 is 2.94 bits per heavy atom. The van der Waals surface area contributed by atoms with Crippen LogP contribution in [0.3, 0.4) is 0 Å². The van der Waals surface area contributed by atoms with Crippen molar-refractivity contribution < 1.29 is 9.53 Å². The van der Waals surface area contributed by atoms with E-state index < -0.39 is 0 Å². The smallest absolute Gasteiger partial charge is 0.257 e. The summed E-state index contributed by atoms with van der Waals surface area (Å²) in [4.78, 5) is 17.8. The van der Waals surface area contributed by atoms with E-state index in [1.165, 1.54) is 7.11 Å². The average Bonchev–Trinajstić information content (AvgIpc) is 2.34. The standard InChI is InChI=1S/C12H17N3O2/c1-3-12(13)7-15(8-12)11(16)9-4-5-14-6-10(9)17-2/h4-6H,3,7-8,13H2,1-2H3. The number of nitrogens with zero attached hydrogens (tertiary/aromatic N) is 2. The molecule has 1 aliphatic heterocycles. The molecular formula is C12H17N3O2. The molecule has 1 aromatic heterocycles. The molecule has 0 aromatic carbocycles. The minimum Gasteiger partial charge on any atom is -0.494 e. The lowest BCUT2D eigenvalue weighted by atomic mass is 9.88. The van der Waals surface area contributed by atoms with Gasteiger partial charge in [-0.1, -0.05) is 6.92 Å². The summed E-state index contributed by atoms with van der Waals surface area (Å²) in [5.41, 5.74) is 6.37. The van der Waals surface area contributed by atoms with Crippen LogP contribution in [0.1, 0.15) is 23.7 Å². The lowest BCUT2D eigenvalue weighted by Crippen LogP contribution is -2.68. The molecule has 5 heteroatoms. The summed E-state index contributed by atoms with van der Waals surface area (Å²) in [6.45, 7) is 3.25.